The first kappa shape index (κ1) is 14.3. The van der Waals surface area contributed by atoms with Crippen LogP contribution in [0.5, 0.6) is 6.01 Å². The van der Waals surface area contributed by atoms with Crippen molar-refractivity contribution in [3.8, 4) is 6.01 Å². The van der Waals surface area contributed by atoms with Crippen LogP contribution in [0.3, 0.4) is 0 Å². The maximum absolute atomic E-state index is 6.05. The molecule has 1 aliphatic heterocycles. The fourth-order valence-corrected chi connectivity index (χ4v) is 2.47. The van der Waals surface area contributed by atoms with Crippen LogP contribution in [0.25, 0.3) is 0 Å². The van der Waals surface area contributed by atoms with Crippen molar-refractivity contribution in [1.82, 2.24) is 14.9 Å². The van der Waals surface area contributed by atoms with Crippen LogP contribution < -0.4 is 10.1 Å². The van der Waals surface area contributed by atoms with Crippen molar-refractivity contribution < 1.29 is 4.74 Å². The van der Waals surface area contributed by atoms with Crippen LogP contribution >= 0.6 is 11.6 Å². The zero-order chi connectivity index (χ0) is 13.7. The standard InChI is InChI=1S/C13H21ClN4O/c1-10(9-18-5-3-4-6-18)7-15-12-11(14)8-16-13(17-12)19-2/h8,10H,3-7,9H2,1-2H3,(H,15,16,17). The molecule has 19 heavy (non-hydrogen) atoms. The lowest BCUT2D eigenvalue weighted by atomic mass is 10.1. The third-order valence-corrected chi connectivity index (χ3v) is 3.57. The van der Waals surface area contributed by atoms with E-state index in [1.54, 1.807) is 13.3 Å². The molecule has 0 amide bonds. The van der Waals surface area contributed by atoms with Gasteiger partial charge in [0.05, 0.1) is 13.3 Å². The lowest BCUT2D eigenvalue weighted by Crippen LogP contribution is -2.29. The monoisotopic (exact) mass is 284 g/mol. The summed E-state index contributed by atoms with van der Waals surface area (Å²) in [6.45, 7) is 6.65. The molecule has 1 aromatic rings. The average Bonchev–Trinajstić information content (AvgIpc) is 2.90. The summed E-state index contributed by atoms with van der Waals surface area (Å²) in [5.74, 6) is 1.19. The van der Waals surface area contributed by atoms with E-state index in [1.807, 2.05) is 0 Å². The Morgan fingerprint density at radius 1 is 1.47 bits per heavy atom. The molecule has 1 aliphatic rings. The van der Waals surface area contributed by atoms with Gasteiger partial charge in [-0.05, 0) is 31.8 Å². The Hall–Kier alpha value is -1.07. The average molecular weight is 285 g/mol. The van der Waals surface area contributed by atoms with Gasteiger partial charge in [0.1, 0.15) is 5.02 Å². The van der Waals surface area contributed by atoms with Crippen molar-refractivity contribution in [1.29, 1.82) is 0 Å². The Morgan fingerprint density at radius 3 is 2.89 bits per heavy atom. The molecule has 0 spiro atoms. The highest BCUT2D eigenvalue weighted by atomic mass is 35.5. The minimum atomic E-state index is 0.332. The predicted molar refractivity (Wildman–Crippen MR) is 76.9 cm³/mol. The second kappa shape index (κ2) is 6.91. The first-order chi connectivity index (χ1) is 9.19. The summed E-state index contributed by atoms with van der Waals surface area (Å²) in [6, 6.07) is 0.332. The highest BCUT2D eigenvalue weighted by molar-refractivity contribution is 6.32. The van der Waals surface area contributed by atoms with Crippen molar-refractivity contribution in [2.45, 2.75) is 19.8 Å². The number of nitrogens with one attached hydrogen (secondary N) is 1. The minimum absolute atomic E-state index is 0.332. The molecule has 1 N–H and O–H groups in total. The number of likely N-dealkylation sites (tertiary alicyclic amines) is 1. The van der Waals surface area contributed by atoms with Gasteiger partial charge >= 0.3 is 6.01 Å². The summed E-state index contributed by atoms with van der Waals surface area (Å²) in [5.41, 5.74) is 0. The first-order valence-corrected chi connectivity index (χ1v) is 7.09. The van der Waals surface area contributed by atoms with E-state index in [0.717, 1.165) is 13.1 Å². The molecule has 1 fully saturated rings. The number of nitrogens with zero attached hydrogens (tertiary/aromatic N) is 3. The molecule has 0 radical (unpaired) electrons. The van der Waals surface area contributed by atoms with E-state index < -0.39 is 0 Å². The topological polar surface area (TPSA) is 50.3 Å². The molecular formula is C13H21ClN4O. The van der Waals surface area contributed by atoms with Gasteiger partial charge in [0.15, 0.2) is 5.82 Å². The molecule has 0 saturated carbocycles. The number of halogens is 1. The van der Waals surface area contributed by atoms with Gasteiger partial charge in [0.2, 0.25) is 0 Å². The van der Waals surface area contributed by atoms with Crippen LogP contribution in [0.2, 0.25) is 5.02 Å². The van der Waals surface area contributed by atoms with Crippen LogP contribution in [0.1, 0.15) is 19.8 Å². The van der Waals surface area contributed by atoms with Crippen molar-refractivity contribution in [3.05, 3.63) is 11.2 Å². The number of rotatable bonds is 6. The molecule has 1 atom stereocenters. The zero-order valence-corrected chi connectivity index (χ0v) is 12.3. The molecule has 5 nitrogen and oxygen atoms in total. The molecule has 1 saturated heterocycles. The van der Waals surface area contributed by atoms with Crippen LogP contribution in [0.4, 0.5) is 5.82 Å². The maximum Gasteiger partial charge on any atom is 0.318 e. The van der Waals surface area contributed by atoms with Gasteiger partial charge in [-0.3, -0.25) is 0 Å². The Kier molecular flexibility index (Phi) is 5.22. The van der Waals surface area contributed by atoms with Crippen molar-refractivity contribution in [2.75, 3.05) is 38.6 Å². The molecule has 6 heteroatoms. The van der Waals surface area contributed by atoms with Gasteiger partial charge < -0.3 is 15.0 Å². The molecular weight excluding hydrogens is 264 g/mol. The number of anilines is 1. The van der Waals surface area contributed by atoms with Crippen LogP contribution in [0, 0.1) is 5.92 Å². The Labute approximate surface area is 119 Å². The van der Waals surface area contributed by atoms with E-state index in [1.165, 1.54) is 25.9 Å². The van der Waals surface area contributed by atoms with E-state index in [0.29, 0.717) is 22.8 Å². The van der Waals surface area contributed by atoms with Gasteiger partial charge in [-0.25, -0.2) is 4.98 Å². The lowest BCUT2D eigenvalue weighted by molar-refractivity contribution is 0.294. The lowest BCUT2D eigenvalue weighted by Gasteiger charge is -2.20. The Balaban J connectivity index is 1.83. The molecule has 106 valence electrons. The van der Waals surface area contributed by atoms with E-state index in [-0.39, 0.29) is 0 Å². The second-order valence-electron chi connectivity index (χ2n) is 5.05. The van der Waals surface area contributed by atoms with Gasteiger partial charge in [-0.1, -0.05) is 18.5 Å². The minimum Gasteiger partial charge on any atom is -0.467 e. The molecule has 2 rings (SSSR count). The summed E-state index contributed by atoms with van der Waals surface area (Å²) in [4.78, 5) is 10.7. The molecule has 0 bridgehead atoms. The molecule has 0 aliphatic carbocycles. The number of methoxy groups -OCH3 is 1. The number of ether oxygens (including phenoxy) is 1. The van der Waals surface area contributed by atoms with E-state index in [9.17, 15) is 0 Å². The van der Waals surface area contributed by atoms with Gasteiger partial charge in [-0.2, -0.15) is 4.98 Å². The Morgan fingerprint density at radius 2 is 2.21 bits per heavy atom. The normalized spacial score (nSPS) is 17.4. The highest BCUT2D eigenvalue weighted by Crippen LogP contribution is 2.20. The number of aromatic nitrogens is 2. The van der Waals surface area contributed by atoms with Crippen LogP contribution in [-0.2, 0) is 0 Å². The molecule has 0 aromatic carbocycles. The first-order valence-electron chi connectivity index (χ1n) is 6.72. The second-order valence-corrected chi connectivity index (χ2v) is 5.45. The fraction of sp³-hybridized carbons (Fsp3) is 0.692. The maximum atomic E-state index is 6.05. The van der Waals surface area contributed by atoms with E-state index >= 15 is 0 Å². The molecule has 1 aromatic heterocycles. The highest BCUT2D eigenvalue weighted by Gasteiger charge is 2.15. The number of hydrogen-bond acceptors (Lipinski definition) is 5. The summed E-state index contributed by atoms with van der Waals surface area (Å²) in [5, 5.41) is 3.79. The predicted octanol–water partition coefficient (Wildman–Crippen LogP) is 2.28. The molecule has 1 unspecified atom stereocenters. The van der Waals surface area contributed by atoms with Crippen LogP contribution in [0.15, 0.2) is 6.20 Å². The fourth-order valence-electron chi connectivity index (χ4n) is 2.31. The van der Waals surface area contributed by atoms with Gasteiger partial charge in [-0.15, -0.1) is 0 Å². The molecule has 2 heterocycles. The van der Waals surface area contributed by atoms with Crippen molar-refractivity contribution in [3.63, 3.8) is 0 Å². The van der Waals surface area contributed by atoms with Crippen molar-refractivity contribution >= 4 is 17.4 Å². The Bertz CT molecular complexity index is 410. The summed E-state index contributed by atoms with van der Waals surface area (Å²) >= 11 is 6.05. The van der Waals surface area contributed by atoms with Gasteiger partial charge in [0, 0.05) is 13.1 Å². The largest absolute Gasteiger partial charge is 0.467 e. The van der Waals surface area contributed by atoms with E-state index in [2.05, 4.69) is 27.1 Å². The summed E-state index contributed by atoms with van der Waals surface area (Å²) < 4.78 is 5.00. The summed E-state index contributed by atoms with van der Waals surface area (Å²) in [7, 11) is 1.54. The quantitative estimate of drug-likeness (QED) is 0.868. The van der Waals surface area contributed by atoms with Crippen LogP contribution in [-0.4, -0.2) is 48.2 Å². The third kappa shape index (κ3) is 4.21. The number of hydrogen-bond donors (Lipinski definition) is 1. The zero-order valence-electron chi connectivity index (χ0n) is 11.5. The summed E-state index contributed by atoms with van der Waals surface area (Å²) in [6.07, 6.45) is 4.21. The SMILES string of the molecule is COc1ncc(Cl)c(NCC(C)CN2CCCC2)n1. The smallest absolute Gasteiger partial charge is 0.318 e. The van der Waals surface area contributed by atoms with Gasteiger partial charge in [0.25, 0.3) is 0 Å². The van der Waals surface area contributed by atoms with E-state index in [4.69, 9.17) is 16.3 Å². The third-order valence-electron chi connectivity index (χ3n) is 3.29. The van der Waals surface area contributed by atoms with Crippen molar-refractivity contribution in [2.24, 2.45) is 5.92 Å².